The van der Waals surface area contributed by atoms with E-state index < -0.39 is 0 Å². The molecule has 0 amide bonds. The lowest BCUT2D eigenvalue weighted by Crippen LogP contribution is -2.29. The number of thiazole rings is 1. The number of thiocarbonyl (C=S) groups is 1. The third-order valence-corrected chi connectivity index (χ3v) is 4.47. The molecule has 0 saturated heterocycles. The van der Waals surface area contributed by atoms with Crippen molar-refractivity contribution in [1.29, 1.82) is 0 Å². The second kappa shape index (κ2) is 5.56. The van der Waals surface area contributed by atoms with Gasteiger partial charge in [-0.05, 0) is 32.0 Å². The average Bonchev–Trinajstić information content (AvgIpc) is 2.81. The quantitative estimate of drug-likeness (QED) is 0.816. The smallest absolute Gasteiger partial charge is 0.117 e. The lowest BCUT2D eigenvalue weighted by Gasteiger charge is -2.26. The number of aromatic nitrogens is 1. The summed E-state index contributed by atoms with van der Waals surface area (Å²) in [5.41, 5.74) is 7.22. The highest BCUT2D eigenvalue weighted by atomic mass is 79.9. The molecule has 0 atom stereocenters. The van der Waals surface area contributed by atoms with Crippen LogP contribution in [0.2, 0.25) is 0 Å². The Kier molecular flexibility index (Phi) is 4.23. The van der Waals surface area contributed by atoms with Gasteiger partial charge in [0.1, 0.15) is 10.00 Å². The van der Waals surface area contributed by atoms with E-state index in [0.29, 0.717) is 4.99 Å². The monoisotopic (exact) mass is 355 g/mol. The summed E-state index contributed by atoms with van der Waals surface area (Å²) in [6.45, 7) is 4.16. The first-order chi connectivity index (χ1) is 8.90. The van der Waals surface area contributed by atoms with E-state index in [-0.39, 0.29) is 5.54 Å². The minimum Gasteiger partial charge on any atom is -0.389 e. The molecule has 0 aliphatic rings. The number of benzene rings is 1. The summed E-state index contributed by atoms with van der Waals surface area (Å²) in [5.74, 6) is 0. The molecule has 2 rings (SSSR count). The van der Waals surface area contributed by atoms with Crippen LogP contribution in [0.1, 0.15) is 24.4 Å². The summed E-state index contributed by atoms with van der Waals surface area (Å²) in [6.07, 6.45) is 1.80. The van der Waals surface area contributed by atoms with Gasteiger partial charge < -0.3 is 11.1 Å². The molecule has 0 bridgehead atoms. The summed E-state index contributed by atoms with van der Waals surface area (Å²) in [4.78, 5) is 4.74. The van der Waals surface area contributed by atoms with Gasteiger partial charge in [0.25, 0.3) is 0 Å². The van der Waals surface area contributed by atoms with Gasteiger partial charge in [-0.2, -0.15) is 0 Å². The van der Waals surface area contributed by atoms with Crippen molar-refractivity contribution in [2.45, 2.75) is 19.4 Å². The van der Waals surface area contributed by atoms with Crippen molar-refractivity contribution in [2.24, 2.45) is 5.73 Å². The largest absolute Gasteiger partial charge is 0.389 e. The Bertz CT molecular complexity index is 594. The third-order valence-electron chi connectivity index (χ3n) is 2.66. The molecule has 100 valence electrons. The molecule has 1 aromatic heterocycles. The van der Waals surface area contributed by atoms with Crippen molar-refractivity contribution in [1.82, 2.24) is 4.98 Å². The van der Waals surface area contributed by atoms with Crippen LogP contribution in [0.4, 0.5) is 5.69 Å². The number of halogens is 1. The highest BCUT2D eigenvalue weighted by Crippen LogP contribution is 2.30. The summed E-state index contributed by atoms with van der Waals surface area (Å²) < 4.78 is 0.977. The zero-order chi connectivity index (χ0) is 14.0. The van der Waals surface area contributed by atoms with E-state index >= 15 is 0 Å². The van der Waals surface area contributed by atoms with Gasteiger partial charge in [0, 0.05) is 27.3 Å². The standard InChI is InChI=1S/C13H14BrN3S2/c1-13(2,12-16-5-6-19-12)17-10-7-8(14)3-4-9(10)11(15)18/h3-7,17H,1-2H3,(H2,15,18). The summed E-state index contributed by atoms with van der Waals surface area (Å²) in [6, 6.07) is 5.81. The Labute approximate surface area is 130 Å². The molecule has 19 heavy (non-hydrogen) atoms. The SMILES string of the molecule is CC(C)(Nc1cc(Br)ccc1C(N)=S)c1nccs1. The highest BCUT2D eigenvalue weighted by molar-refractivity contribution is 9.10. The van der Waals surface area contributed by atoms with E-state index in [9.17, 15) is 0 Å². The van der Waals surface area contributed by atoms with Crippen LogP contribution in [0, 0.1) is 0 Å². The van der Waals surface area contributed by atoms with Crippen molar-refractivity contribution in [3.63, 3.8) is 0 Å². The highest BCUT2D eigenvalue weighted by Gasteiger charge is 2.24. The van der Waals surface area contributed by atoms with Crippen LogP contribution < -0.4 is 11.1 Å². The second-order valence-electron chi connectivity index (χ2n) is 4.64. The van der Waals surface area contributed by atoms with Crippen molar-refractivity contribution in [3.8, 4) is 0 Å². The van der Waals surface area contributed by atoms with Gasteiger partial charge in [-0.3, -0.25) is 0 Å². The van der Waals surface area contributed by atoms with Gasteiger partial charge in [0.2, 0.25) is 0 Å². The molecule has 1 heterocycles. The van der Waals surface area contributed by atoms with Gasteiger partial charge in [-0.25, -0.2) is 4.98 Å². The maximum absolute atomic E-state index is 5.77. The predicted molar refractivity (Wildman–Crippen MR) is 88.8 cm³/mol. The number of nitrogens with zero attached hydrogens (tertiary/aromatic N) is 1. The summed E-state index contributed by atoms with van der Waals surface area (Å²) in [7, 11) is 0. The molecule has 0 spiro atoms. The van der Waals surface area contributed by atoms with Crippen LogP contribution in [0.3, 0.4) is 0 Å². The number of nitrogens with one attached hydrogen (secondary N) is 1. The molecule has 0 aliphatic heterocycles. The number of nitrogens with two attached hydrogens (primary N) is 1. The number of hydrogen-bond donors (Lipinski definition) is 2. The van der Waals surface area contributed by atoms with Crippen molar-refractivity contribution >= 4 is 50.2 Å². The Morgan fingerprint density at radius 3 is 2.79 bits per heavy atom. The molecule has 6 heteroatoms. The molecule has 3 nitrogen and oxygen atoms in total. The minimum atomic E-state index is -0.283. The van der Waals surface area contributed by atoms with Gasteiger partial charge in [-0.1, -0.05) is 28.1 Å². The Hall–Kier alpha value is -0.980. The van der Waals surface area contributed by atoms with Crippen LogP contribution >= 0.6 is 39.5 Å². The third kappa shape index (κ3) is 3.32. The molecule has 2 aromatic rings. The summed E-state index contributed by atoms with van der Waals surface area (Å²) in [5, 5.41) is 6.44. The fourth-order valence-corrected chi connectivity index (χ4v) is 3.01. The molecular formula is C13H14BrN3S2. The Balaban J connectivity index is 2.38. The van der Waals surface area contributed by atoms with Gasteiger partial charge in [0.15, 0.2) is 0 Å². The maximum Gasteiger partial charge on any atom is 0.117 e. The number of rotatable bonds is 4. The van der Waals surface area contributed by atoms with Gasteiger partial charge in [-0.15, -0.1) is 11.3 Å². The molecule has 3 N–H and O–H groups in total. The first-order valence-electron chi connectivity index (χ1n) is 5.67. The molecule has 0 aliphatic carbocycles. The zero-order valence-corrected chi connectivity index (χ0v) is 13.8. The Morgan fingerprint density at radius 1 is 1.47 bits per heavy atom. The van der Waals surface area contributed by atoms with Crippen LogP contribution in [0.5, 0.6) is 0 Å². The molecule has 1 aromatic carbocycles. The summed E-state index contributed by atoms with van der Waals surface area (Å²) >= 11 is 10.2. The Morgan fingerprint density at radius 2 is 2.21 bits per heavy atom. The van der Waals surface area contributed by atoms with Crippen LogP contribution in [-0.4, -0.2) is 9.97 Å². The van der Waals surface area contributed by atoms with E-state index in [2.05, 4.69) is 40.1 Å². The van der Waals surface area contributed by atoms with Crippen LogP contribution in [-0.2, 0) is 5.54 Å². The van der Waals surface area contributed by atoms with Crippen molar-refractivity contribution < 1.29 is 0 Å². The first kappa shape index (κ1) is 14.4. The predicted octanol–water partition coefficient (Wildman–Crippen LogP) is 3.89. The van der Waals surface area contributed by atoms with Crippen LogP contribution in [0.25, 0.3) is 0 Å². The average molecular weight is 356 g/mol. The molecular weight excluding hydrogens is 342 g/mol. The fraction of sp³-hybridized carbons (Fsp3) is 0.231. The number of anilines is 1. The van der Waals surface area contributed by atoms with Gasteiger partial charge in [0.05, 0.1) is 5.54 Å². The van der Waals surface area contributed by atoms with E-state index in [1.54, 1.807) is 17.5 Å². The molecule has 0 saturated carbocycles. The lowest BCUT2D eigenvalue weighted by molar-refractivity contribution is 0.604. The fourth-order valence-electron chi connectivity index (χ4n) is 1.76. The van der Waals surface area contributed by atoms with E-state index in [1.165, 1.54) is 0 Å². The second-order valence-corrected chi connectivity index (χ2v) is 6.89. The normalized spacial score (nSPS) is 11.3. The van der Waals surface area contributed by atoms with Gasteiger partial charge >= 0.3 is 0 Å². The molecule has 0 unspecified atom stereocenters. The zero-order valence-electron chi connectivity index (χ0n) is 10.6. The van der Waals surface area contributed by atoms with E-state index in [1.807, 2.05) is 23.6 Å². The van der Waals surface area contributed by atoms with Crippen molar-refractivity contribution in [2.75, 3.05) is 5.32 Å². The van der Waals surface area contributed by atoms with Crippen LogP contribution in [0.15, 0.2) is 34.2 Å². The lowest BCUT2D eigenvalue weighted by atomic mass is 10.0. The van der Waals surface area contributed by atoms with Crippen molar-refractivity contribution in [3.05, 3.63) is 44.8 Å². The molecule has 0 fully saturated rings. The topological polar surface area (TPSA) is 50.9 Å². The molecule has 0 radical (unpaired) electrons. The van der Waals surface area contributed by atoms with E-state index in [4.69, 9.17) is 18.0 Å². The minimum absolute atomic E-state index is 0.283. The first-order valence-corrected chi connectivity index (χ1v) is 7.76. The number of hydrogen-bond acceptors (Lipinski definition) is 4. The van der Waals surface area contributed by atoms with E-state index in [0.717, 1.165) is 20.7 Å². The maximum atomic E-state index is 5.77.